The number of benzene rings is 1. The summed E-state index contributed by atoms with van der Waals surface area (Å²) in [6.07, 6.45) is 5.12. The smallest absolute Gasteiger partial charge is 0.257 e. The molecule has 4 nitrogen and oxygen atoms in total. The number of nitrogens with zero attached hydrogens (tertiary/aromatic N) is 1. The van der Waals surface area contributed by atoms with E-state index >= 15 is 0 Å². The van der Waals surface area contributed by atoms with Gasteiger partial charge in [-0.15, -0.1) is 0 Å². The molecule has 1 amide bonds. The van der Waals surface area contributed by atoms with E-state index in [1.165, 1.54) is 37.4 Å². The van der Waals surface area contributed by atoms with Gasteiger partial charge in [0.2, 0.25) is 5.91 Å². The van der Waals surface area contributed by atoms with Crippen molar-refractivity contribution in [2.24, 2.45) is 11.8 Å². The largest absolute Gasteiger partial charge is 0.431 e. The SMILES string of the molecule is O=C(CSc1nc2ccccc2o1)N[C@H]1C[C@H]2CC[C@@H]1C2. The van der Waals surface area contributed by atoms with Crippen LogP contribution in [-0.4, -0.2) is 22.7 Å². The summed E-state index contributed by atoms with van der Waals surface area (Å²) in [5, 5.41) is 3.75. The zero-order valence-electron chi connectivity index (χ0n) is 11.7. The third kappa shape index (κ3) is 2.67. The second kappa shape index (κ2) is 5.37. The third-order valence-corrected chi connectivity index (χ3v) is 5.51. The Morgan fingerprint density at radius 3 is 3.00 bits per heavy atom. The lowest BCUT2D eigenvalue weighted by atomic mass is 9.95. The molecule has 0 radical (unpaired) electrons. The van der Waals surface area contributed by atoms with E-state index in [1.54, 1.807) is 0 Å². The van der Waals surface area contributed by atoms with Crippen LogP contribution in [0.3, 0.4) is 0 Å². The fraction of sp³-hybridized carbons (Fsp3) is 0.500. The van der Waals surface area contributed by atoms with E-state index in [4.69, 9.17) is 4.42 Å². The van der Waals surface area contributed by atoms with Crippen molar-refractivity contribution in [1.29, 1.82) is 0 Å². The van der Waals surface area contributed by atoms with Crippen molar-refractivity contribution in [2.75, 3.05) is 5.75 Å². The summed E-state index contributed by atoms with van der Waals surface area (Å²) in [5.41, 5.74) is 1.61. The number of hydrogen-bond acceptors (Lipinski definition) is 4. The molecule has 1 heterocycles. The number of thioether (sulfide) groups is 1. The maximum absolute atomic E-state index is 12.1. The van der Waals surface area contributed by atoms with Crippen LogP contribution < -0.4 is 5.32 Å². The highest BCUT2D eigenvalue weighted by molar-refractivity contribution is 7.99. The standard InChI is InChI=1S/C16H18N2O2S/c19-15(17-13-8-10-5-6-11(13)7-10)9-21-16-18-12-3-1-2-4-14(12)20-16/h1-4,10-11,13H,5-9H2,(H,17,19)/t10-,11+,13-/m0/s1. The number of aromatic nitrogens is 1. The lowest BCUT2D eigenvalue weighted by Crippen LogP contribution is -2.39. The molecule has 0 spiro atoms. The Balaban J connectivity index is 1.32. The van der Waals surface area contributed by atoms with Gasteiger partial charge < -0.3 is 9.73 Å². The average molecular weight is 302 g/mol. The van der Waals surface area contributed by atoms with Gasteiger partial charge in [0.15, 0.2) is 5.58 Å². The first-order valence-corrected chi connectivity index (χ1v) is 8.54. The second-order valence-corrected chi connectivity index (χ2v) is 7.01. The van der Waals surface area contributed by atoms with Gasteiger partial charge in [-0.05, 0) is 43.2 Å². The minimum atomic E-state index is 0.0970. The van der Waals surface area contributed by atoms with Gasteiger partial charge in [0, 0.05) is 6.04 Å². The normalized spacial score (nSPS) is 27.3. The van der Waals surface area contributed by atoms with Gasteiger partial charge >= 0.3 is 0 Å². The predicted molar refractivity (Wildman–Crippen MR) is 82.1 cm³/mol. The van der Waals surface area contributed by atoms with Crippen LogP contribution in [0.1, 0.15) is 25.7 Å². The Morgan fingerprint density at radius 1 is 1.33 bits per heavy atom. The second-order valence-electron chi connectivity index (χ2n) is 6.09. The minimum Gasteiger partial charge on any atom is -0.431 e. The highest BCUT2D eigenvalue weighted by atomic mass is 32.2. The average Bonchev–Trinajstić information content (AvgIpc) is 3.19. The number of para-hydroxylation sites is 2. The van der Waals surface area contributed by atoms with Crippen LogP contribution in [0.5, 0.6) is 0 Å². The van der Waals surface area contributed by atoms with Crippen LogP contribution in [0, 0.1) is 11.8 Å². The van der Waals surface area contributed by atoms with E-state index in [2.05, 4.69) is 10.3 Å². The molecule has 1 aromatic heterocycles. The Labute approximate surface area is 127 Å². The first kappa shape index (κ1) is 13.2. The van der Waals surface area contributed by atoms with Crippen LogP contribution in [0.4, 0.5) is 0 Å². The molecule has 2 bridgehead atoms. The Morgan fingerprint density at radius 2 is 2.24 bits per heavy atom. The van der Waals surface area contributed by atoms with E-state index in [0.29, 0.717) is 22.9 Å². The molecule has 5 heteroatoms. The van der Waals surface area contributed by atoms with E-state index in [-0.39, 0.29) is 5.91 Å². The minimum absolute atomic E-state index is 0.0970. The molecule has 2 aliphatic carbocycles. The molecule has 2 aromatic rings. The molecular formula is C16H18N2O2S. The van der Waals surface area contributed by atoms with Gasteiger partial charge in [0.05, 0.1) is 5.75 Å². The summed E-state index contributed by atoms with van der Waals surface area (Å²) in [6.45, 7) is 0. The monoisotopic (exact) mass is 302 g/mol. The van der Waals surface area contributed by atoms with E-state index < -0.39 is 0 Å². The number of amides is 1. The quantitative estimate of drug-likeness (QED) is 0.881. The molecule has 3 atom stereocenters. The van der Waals surface area contributed by atoms with Crippen molar-refractivity contribution in [3.63, 3.8) is 0 Å². The van der Waals surface area contributed by atoms with Crippen molar-refractivity contribution in [1.82, 2.24) is 10.3 Å². The molecule has 110 valence electrons. The zero-order chi connectivity index (χ0) is 14.2. The molecule has 0 aliphatic heterocycles. The van der Waals surface area contributed by atoms with E-state index in [0.717, 1.165) is 17.0 Å². The molecule has 0 saturated heterocycles. The van der Waals surface area contributed by atoms with E-state index in [9.17, 15) is 4.79 Å². The Hall–Kier alpha value is -1.49. The molecule has 1 N–H and O–H groups in total. The van der Waals surface area contributed by atoms with Crippen LogP contribution in [0.15, 0.2) is 33.9 Å². The summed E-state index contributed by atoms with van der Waals surface area (Å²) in [5.74, 6) is 2.04. The van der Waals surface area contributed by atoms with Gasteiger partial charge in [-0.25, -0.2) is 4.98 Å². The maximum atomic E-state index is 12.1. The first-order chi connectivity index (χ1) is 10.3. The summed E-state index contributed by atoms with van der Waals surface area (Å²) < 4.78 is 5.61. The fourth-order valence-corrected chi connectivity index (χ4v) is 4.36. The molecular weight excluding hydrogens is 284 g/mol. The summed E-state index contributed by atoms with van der Waals surface area (Å²) in [7, 11) is 0. The number of carbonyl (C=O) groups is 1. The van der Waals surface area contributed by atoms with Crippen LogP contribution in [0.2, 0.25) is 0 Å². The van der Waals surface area contributed by atoms with Crippen molar-refractivity contribution in [3.8, 4) is 0 Å². The summed E-state index contributed by atoms with van der Waals surface area (Å²) in [4.78, 5) is 16.4. The predicted octanol–water partition coefficient (Wildman–Crippen LogP) is 3.22. The van der Waals surface area contributed by atoms with Gasteiger partial charge in [0.25, 0.3) is 5.22 Å². The molecule has 2 saturated carbocycles. The number of fused-ring (bicyclic) bond motifs is 3. The number of oxazole rings is 1. The third-order valence-electron chi connectivity index (χ3n) is 4.69. The van der Waals surface area contributed by atoms with Crippen molar-refractivity contribution in [3.05, 3.63) is 24.3 Å². The number of carbonyl (C=O) groups excluding carboxylic acids is 1. The number of nitrogens with one attached hydrogen (secondary N) is 1. The van der Waals surface area contributed by atoms with Gasteiger partial charge in [0.1, 0.15) is 5.52 Å². The lowest BCUT2D eigenvalue weighted by Gasteiger charge is -2.22. The summed E-state index contributed by atoms with van der Waals surface area (Å²) >= 11 is 1.37. The molecule has 2 fully saturated rings. The maximum Gasteiger partial charge on any atom is 0.257 e. The van der Waals surface area contributed by atoms with E-state index in [1.807, 2.05) is 24.3 Å². The van der Waals surface area contributed by atoms with Crippen LogP contribution in [-0.2, 0) is 4.79 Å². The van der Waals surface area contributed by atoms with Crippen molar-refractivity contribution < 1.29 is 9.21 Å². The number of hydrogen-bond donors (Lipinski definition) is 1. The van der Waals surface area contributed by atoms with Gasteiger partial charge in [-0.3, -0.25) is 4.79 Å². The Bertz CT molecular complexity index is 636. The van der Waals surface area contributed by atoms with Gasteiger partial charge in [-0.1, -0.05) is 30.3 Å². The molecule has 4 rings (SSSR count). The zero-order valence-corrected chi connectivity index (χ0v) is 12.6. The molecule has 1 aromatic carbocycles. The number of rotatable bonds is 4. The van der Waals surface area contributed by atoms with Crippen molar-refractivity contribution in [2.45, 2.75) is 36.9 Å². The molecule has 2 aliphatic rings. The Kier molecular flexibility index (Phi) is 3.37. The van der Waals surface area contributed by atoms with Crippen LogP contribution >= 0.6 is 11.8 Å². The summed E-state index contributed by atoms with van der Waals surface area (Å²) in [6, 6.07) is 8.06. The fourth-order valence-electron chi connectivity index (χ4n) is 3.71. The first-order valence-electron chi connectivity index (χ1n) is 7.55. The van der Waals surface area contributed by atoms with Crippen LogP contribution in [0.25, 0.3) is 11.1 Å². The topological polar surface area (TPSA) is 55.1 Å². The molecule has 21 heavy (non-hydrogen) atoms. The molecule has 0 unspecified atom stereocenters. The highest BCUT2D eigenvalue weighted by Crippen LogP contribution is 2.44. The highest BCUT2D eigenvalue weighted by Gasteiger charge is 2.39. The van der Waals surface area contributed by atoms with Crippen molar-refractivity contribution >= 4 is 28.8 Å². The lowest BCUT2D eigenvalue weighted by molar-refractivity contribution is -0.119. The van der Waals surface area contributed by atoms with Gasteiger partial charge in [-0.2, -0.15) is 0 Å².